The SMILES string of the molecule is CC#CNc1cc(N2C(=O)C3=C(CCCC3)C2=O)ccc1Cl. The third kappa shape index (κ3) is 2.38. The predicted octanol–water partition coefficient (Wildman–Crippen LogP) is 3.48. The summed E-state index contributed by atoms with van der Waals surface area (Å²) >= 11 is 6.10. The molecule has 0 saturated carbocycles. The van der Waals surface area contributed by atoms with Crippen molar-refractivity contribution in [3.8, 4) is 12.0 Å². The summed E-state index contributed by atoms with van der Waals surface area (Å²) in [5.74, 6) is 2.32. The molecule has 2 amide bonds. The van der Waals surface area contributed by atoms with Crippen LogP contribution in [-0.2, 0) is 9.59 Å². The maximum absolute atomic E-state index is 12.5. The molecule has 1 aromatic rings. The van der Waals surface area contributed by atoms with Crippen LogP contribution in [0.25, 0.3) is 0 Å². The van der Waals surface area contributed by atoms with Gasteiger partial charge in [0.05, 0.1) is 16.4 Å². The quantitative estimate of drug-likeness (QED) is 0.516. The summed E-state index contributed by atoms with van der Waals surface area (Å²) in [5.41, 5.74) is 2.45. The number of halogens is 1. The van der Waals surface area contributed by atoms with Crippen LogP contribution in [-0.4, -0.2) is 11.8 Å². The Labute approximate surface area is 134 Å². The zero-order valence-corrected chi connectivity index (χ0v) is 13.0. The number of carbonyl (C=O) groups excluding carboxylic acids is 2. The lowest BCUT2D eigenvalue weighted by molar-refractivity contribution is -0.120. The van der Waals surface area contributed by atoms with Crippen LogP contribution in [0.3, 0.4) is 0 Å². The number of rotatable bonds is 2. The minimum Gasteiger partial charge on any atom is -0.313 e. The zero-order chi connectivity index (χ0) is 15.7. The van der Waals surface area contributed by atoms with Gasteiger partial charge in [-0.1, -0.05) is 17.5 Å². The standard InChI is InChI=1S/C17H15ClN2O2/c1-2-9-19-15-10-11(7-8-14(15)18)20-16(21)12-5-3-4-6-13(12)17(20)22/h7-8,10,19H,3-6H2,1H3. The van der Waals surface area contributed by atoms with Gasteiger partial charge in [0, 0.05) is 17.2 Å². The molecule has 22 heavy (non-hydrogen) atoms. The lowest BCUT2D eigenvalue weighted by atomic mass is 9.93. The van der Waals surface area contributed by atoms with E-state index in [9.17, 15) is 9.59 Å². The molecule has 1 aliphatic heterocycles. The van der Waals surface area contributed by atoms with Gasteiger partial charge in [-0.2, -0.15) is 0 Å². The van der Waals surface area contributed by atoms with Crippen molar-refractivity contribution in [2.45, 2.75) is 32.6 Å². The summed E-state index contributed by atoms with van der Waals surface area (Å²) < 4.78 is 0. The van der Waals surface area contributed by atoms with Crippen LogP contribution >= 0.6 is 11.6 Å². The largest absolute Gasteiger partial charge is 0.313 e. The Hall–Kier alpha value is -2.25. The topological polar surface area (TPSA) is 49.4 Å². The number of amides is 2. The molecule has 0 atom stereocenters. The smallest absolute Gasteiger partial charge is 0.261 e. The highest BCUT2D eigenvalue weighted by molar-refractivity contribution is 6.35. The Kier molecular flexibility index (Phi) is 3.91. The maximum atomic E-state index is 12.5. The van der Waals surface area contributed by atoms with Gasteiger partial charge < -0.3 is 5.32 Å². The van der Waals surface area contributed by atoms with E-state index in [0.717, 1.165) is 12.8 Å². The van der Waals surface area contributed by atoms with Crippen molar-refractivity contribution in [2.24, 2.45) is 0 Å². The molecule has 112 valence electrons. The Morgan fingerprint density at radius 3 is 2.36 bits per heavy atom. The van der Waals surface area contributed by atoms with Gasteiger partial charge in [-0.3, -0.25) is 9.59 Å². The maximum Gasteiger partial charge on any atom is 0.261 e. The average Bonchev–Trinajstić information content (AvgIpc) is 2.79. The van der Waals surface area contributed by atoms with Gasteiger partial charge in [-0.15, -0.1) is 0 Å². The second kappa shape index (κ2) is 5.86. The van der Waals surface area contributed by atoms with Gasteiger partial charge >= 0.3 is 0 Å². The number of nitrogens with zero attached hydrogens (tertiary/aromatic N) is 1. The van der Waals surface area contributed by atoms with E-state index in [2.05, 4.69) is 17.3 Å². The van der Waals surface area contributed by atoms with Crippen LogP contribution in [0.2, 0.25) is 5.02 Å². The second-order valence-corrected chi connectivity index (χ2v) is 5.68. The molecule has 0 fully saturated rings. The third-order valence-corrected chi connectivity index (χ3v) is 4.25. The van der Waals surface area contributed by atoms with Gasteiger partial charge in [0.25, 0.3) is 11.8 Å². The number of hydrogen-bond acceptors (Lipinski definition) is 3. The van der Waals surface area contributed by atoms with E-state index in [0.29, 0.717) is 40.4 Å². The Morgan fingerprint density at radius 1 is 1.14 bits per heavy atom. The predicted molar refractivity (Wildman–Crippen MR) is 86.5 cm³/mol. The van der Waals surface area contributed by atoms with E-state index in [1.165, 1.54) is 4.90 Å². The van der Waals surface area contributed by atoms with Gasteiger partial charge in [0.15, 0.2) is 0 Å². The summed E-state index contributed by atoms with van der Waals surface area (Å²) in [7, 11) is 0. The molecule has 4 nitrogen and oxygen atoms in total. The molecule has 1 aromatic carbocycles. The first-order valence-corrected chi connectivity index (χ1v) is 7.59. The monoisotopic (exact) mass is 314 g/mol. The van der Waals surface area contributed by atoms with Crippen molar-refractivity contribution in [3.05, 3.63) is 34.4 Å². The lowest BCUT2D eigenvalue weighted by Crippen LogP contribution is -2.31. The summed E-state index contributed by atoms with van der Waals surface area (Å²) in [6.07, 6.45) is 3.31. The second-order valence-electron chi connectivity index (χ2n) is 5.27. The van der Waals surface area contributed by atoms with Gasteiger partial charge in [-0.05, 0) is 50.8 Å². The van der Waals surface area contributed by atoms with Gasteiger partial charge in [-0.25, -0.2) is 4.90 Å². The molecule has 0 aromatic heterocycles. The molecular formula is C17H15ClN2O2. The number of carbonyl (C=O) groups is 2. The summed E-state index contributed by atoms with van der Waals surface area (Å²) in [5, 5.41) is 3.35. The van der Waals surface area contributed by atoms with Gasteiger partial charge in [0.2, 0.25) is 0 Å². The lowest BCUT2D eigenvalue weighted by Gasteiger charge is -2.16. The molecule has 0 spiro atoms. The van der Waals surface area contributed by atoms with Gasteiger partial charge in [0.1, 0.15) is 0 Å². The Balaban J connectivity index is 1.96. The number of hydrogen-bond donors (Lipinski definition) is 1. The van der Waals surface area contributed by atoms with E-state index in [4.69, 9.17) is 11.6 Å². The Morgan fingerprint density at radius 2 is 1.77 bits per heavy atom. The molecule has 1 heterocycles. The van der Waals surface area contributed by atoms with Crippen molar-refractivity contribution < 1.29 is 9.59 Å². The normalized spacial score (nSPS) is 17.3. The van der Waals surface area contributed by atoms with Crippen molar-refractivity contribution in [1.29, 1.82) is 0 Å². The summed E-state index contributed by atoms with van der Waals surface area (Å²) in [6, 6.07) is 7.74. The first-order chi connectivity index (χ1) is 10.6. The molecule has 0 saturated heterocycles. The number of benzene rings is 1. The number of nitrogens with one attached hydrogen (secondary N) is 1. The summed E-state index contributed by atoms with van der Waals surface area (Å²) in [4.78, 5) is 26.3. The molecule has 3 rings (SSSR count). The van der Waals surface area contributed by atoms with Crippen molar-refractivity contribution in [2.75, 3.05) is 10.2 Å². The van der Waals surface area contributed by atoms with E-state index < -0.39 is 0 Å². The van der Waals surface area contributed by atoms with Crippen LogP contribution in [0.15, 0.2) is 29.3 Å². The molecule has 0 radical (unpaired) electrons. The molecular weight excluding hydrogens is 300 g/mol. The average molecular weight is 315 g/mol. The Bertz CT molecular complexity index is 728. The molecule has 1 N–H and O–H groups in total. The first-order valence-electron chi connectivity index (χ1n) is 7.21. The highest BCUT2D eigenvalue weighted by Gasteiger charge is 2.39. The number of anilines is 2. The van der Waals surface area contributed by atoms with Crippen LogP contribution < -0.4 is 10.2 Å². The molecule has 1 aliphatic carbocycles. The van der Waals surface area contributed by atoms with E-state index in [-0.39, 0.29) is 11.8 Å². The van der Waals surface area contributed by atoms with Crippen molar-refractivity contribution in [1.82, 2.24) is 0 Å². The molecule has 2 aliphatic rings. The minimum atomic E-state index is -0.199. The van der Waals surface area contributed by atoms with Crippen LogP contribution in [0, 0.1) is 12.0 Å². The van der Waals surface area contributed by atoms with Crippen LogP contribution in [0.1, 0.15) is 32.6 Å². The fourth-order valence-corrected chi connectivity index (χ4v) is 3.02. The van der Waals surface area contributed by atoms with E-state index in [1.807, 2.05) is 0 Å². The highest BCUT2D eigenvalue weighted by Crippen LogP contribution is 2.37. The van der Waals surface area contributed by atoms with E-state index in [1.54, 1.807) is 25.1 Å². The minimum absolute atomic E-state index is 0.199. The fourth-order valence-electron chi connectivity index (χ4n) is 2.85. The fraction of sp³-hybridized carbons (Fsp3) is 0.294. The molecule has 0 bridgehead atoms. The molecule has 5 heteroatoms. The number of imide groups is 1. The first kappa shape index (κ1) is 14.7. The van der Waals surface area contributed by atoms with E-state index >= 15 is 0 Å². The highest BCUT2D eigenvalue weighted by atomic mass is 35.5. The zero-order valence-electron chi connectivity index (χ0n) is 12.2. The van der Waals surface area contributed by atoms with Crippen molar-refractivity contribution >= 4 is 34.8 Å². The molecule has 0 unspecified atom stereocenters. The summed E-state index contributed by atoms with van der Waals surface area (Å²) in [6.45, 7) is 1.70. The third-order valence-electron chi connectivity index (χ3n) is 3.92. The van der Waals surface area contributed by atoms with Crippen LogP contribution in [0.5, 0.6) is 0 Å². The van der Waals surface area contributed by atoms with Crippen LogP contribution in [0.4, 0.5) is 11.4 Å². The van der Waals surface area contributed by atoms with Crippen molar-refractivity contribution in [3.63, 3.8) is 0 Å².